The normalized spacial score (nSPS) is 15.9. The Morgan fingerprint density at radius 3 is 2.50 bits per heavy atom. The largest absolute Gasteiger partial charge is 0.494 e. The molecule has 0 heterocycles. The fraction of sp³-hybridized carbons (Fsp3) is 0.667. The maximum atomic E-state index is 5.74. The summed E-state index contributed by atoms with van der Waals surface area (Å²) in [7, 11) is 0. The van der Waals surface area contributed by atoms with Gasteiger partial charge in [-0.15, -0.1) is 0 Å². The van der Waals surface area contributed by atoms with E-state index in [9.17, 15) is 0 Å². The number of ether oxygens (including phenoxy) is 1. The Morgan fingerprint density at radius 2 is 1.85 bits per heavy atom. The first kappa shape index (κ1) is 15.4. The molecule has 0 aromatic heterocycles. The smallest absolute Gasteiger partial charge is 0.119 e. The predicted molar refractivity (Wildman–Crippen MR) is 85.1 cm³/mol. The molecule has 1 N–H and O–H groups in total. The van der Waals surface area contributed by atoms with E-state index in [1.165, 1.54) is 37.8 Å². The molecule has 1 saturated carbocycles. The summed E-state index contributed by atoms with van der Waals surface area (Å²) in [5, 5.41) is 3.58. The minimum Gasteiger partial charge on any atom is -0.494 e. The standard InChI is InChI=1S/C18H29NO/c1-15(2)11-12-20-18-9-7-17(8-10-18)14-19-13-16-5-3-4-6-16/h7-10,15-16,19H,3-6,11-14H2,1-2H3. The minimum absolute atomic E-state index is 0.703. The molecule has 2 nitrogen and oxygen atoms in total. The summed E-state index contributed by atoms with van der Waals surface area (Å²) in [6.07, 6.45) is 6.79. The van der Waals surface area contributed by atoms with Crippen LogP contribution >= 0.6 is 0 Å². The van der Waals surface area contributed by atoms with Crippen LogP contribution in [0.1, 0.15) is 51.5 Å². The van der Waals surface area contributed by atoms with Crippen LogP contribution in [0.2, 0.25) is 0 Å². The lowest BCUT2D eigenvalue weighted by atomic mass is 10.1. The molecule has 0 bridgehead atoms. The van der Waals surface area contributed by atoms with Gasteiger partial charge in [0.25, 0.3) is 0 Å². The Balaban J connectivity index is 1.65. The second-order valence-corrected chi connectivity index (χ2v) is 6.46. The van der Waals surface area contributed by atoms with Crippen molar-refractivity contribution in [2.75, 3.05) is 13.2 Å². The van der Waals surface area contributed by atoms with E-state index < -0.39 is 0 Å². The van der Waals surface area contributed by atoms with Gasteiger partial charge in [-0.1, -0.05) is 38.8 Å². The molecule has 1 aliphatic rings. The Morgan fingerprint density at radius 1 is 1.15 bits per heavy atom. The van der Waals surface area contributed by atoms with Crippen LogP contribution in [-0.4, -0.2) is 13.2 Å². The maximum Gasteiger partial charge on any atom is 0.119 e. The van der Waals surface area contributed by atoms with Crippen molar-refractivity contribution in [2.24, 2.45) is 11.8 Å². The van der Waals surface area contributed by atoms with E-state index >= 15 is 0 Å². The summed E-state index contributed by atoms with van der Waals surface area (Å²) in [5.74, 6) is 2.60. The highest BCUT2D eigenvalue weighted by Gasteiger charge is 2.13. The molecule has 0 radical (unpaired) electrons. The number of nitrogens with one attached hydrogen (secondary N) is 1. The van der Waals surface area contributed by atoms with Crippen LogP contribution in [0.25, 0.3) is 0 Å². The zero-order valence-electron chi connectivity index (χ0n) is 13.0. The first-order chi connectivity index (χ1) is 9.74. The van der Waals surface area contributed by atoms with E-state index in [1.807, 2.05) is 0 Å². The number of rotatable bonds is 8. The molecular formula is C18H29NO. The van der Waals surface area contributed by atoms with E-state index in [-0.39, 0.29) is 0 Å². The van der Waals surface area contributed by atoms with Crippen LogP contribution in [0, 0.1) is 11.8 Å². The van der Waals surface area contributed by atoms with Crippen LogP contribution in [0.5, 0.6) is 5.75 Å². The van der Waals surface area contributed by atoms with Crippen molar-refractivity contribution in [3.8, 4) is 5.75 Å². The molecule has 1 aromatic carbocycles. The van der Waals surface area contributed by atoms with Gasteiger partial charge in [-0.25, -0.2) is 0 Å². The average Bonchev–Trinajstić information content (AvgIpc) is 2.93. The third kappa shape index (κ3) is 5.54. The van der Waals surface area contributed by atoms with Crippen LogP contribution < -0.4 is 10.1 Å². The summed E-state index contributed by atoms with van der Waals surface area (Å²) < 4.78 is 5.74. The van der Waals surface area contributed by atoms with Crippen LogP contribution in [-0.2, 0) is 6.54 Å². The van der Waals surface area contributed by atoms with Gasteiger partial charge >= 0.3 is 0 Å². The quantitative estimate of drug-likeness (QED) is 0.759. The third-order valence-electron chi connectivity index (χ3n) is 4.12. The summed E-state index contributed by atoms with van der Waals surface area (Å²) in [6.45, 7) is 7.41. The number of hydrogen-bond donors (Lipinski definition) is 1. The van der Waals surface area contributed by atoms with Crippen LogP contribution in [0.3, 0.4) is 0 Å². The topological polar surface area (TPSA) is 21.3 Å². The molecule has 0 aliphatic heterocycles. The van der Waals surface area contributed by atoms with Gasteiger partial charge < -0.3 is 10.1 Å². The fourth-order valence-corrected chi connectivity index (χ4v) is 2.75. The van der Waals surface area contributed by atoms with Crippen molar-refractivity contribution in [3.05, 3.63) is 29.8 Å². The van der Waals surface area contributed by atoms with Gasteiger partial charge in [-0.05, 0) is 55.3 Å². The molecule has 2 rings (SSSR count). The molecular weight excluding hydrogens is 246 g/mol. The molecule has 1 aliphatic carbocycles. The van der Waals surface area contributed by atoms with Crippen molar-refractivity contribution in [3.63, 3.8) is 0 Å². The average molecular weight is 275 g/mol. The summed E-state index contributed by atoms with van der Waals surface area (Å²) in [5.41, 5.74) is 1.35. The molecule has 2 heteroatoms. The van der Waals surface area contributed by atoms with E-state index in [0.717, 1.165) is 31.2 Å². The Hall–Kier alpha value is -1.02. The molecule has 0 saturated heterocycles. The van der Waals surface area contributed by atoms with Gasteiger partial charge in [0.2, 0.25) is 0 Å². The second-order valence-electron chi connectivity index (χ2n) is 6.46. The van der Waals surface area contributed by atoms with Gasteiger partial charge in [-0.3, -0.25) is 0 Å². The highest BCUT2D eigenvalue weighted by Crippen LogP contribution is 2.23. The summed E-state index contributed by atoms with van der Waals surface area (Å²) in [4.78, 5) is 0. The first-order valence-corrected chi connectivity index (χ1v) is 8.16. The van der Waals surface area contributed by atoms with E-state index in [0.29, 0.717) is 5.92 Å². The van der Waals surface area contributed by atoms with Crippen molar-refractivity contribution >= 4 is 0 Å². The SMILES string of the molecule is CC(C)CCOc1ccc(CNCC2CCCC2)cc1. The lowest BCUT2D eigenvalue weighted by Gasteiger charge is -2.11. The summed E-state index contributed by atoms with van der Waals surface area (Å²) in [6, 6.07) is 8.53. The van der Waals surface area contributed by atoms with Crippen molar-refractivity contribution < 1.29 is 4.74 Å². The monoisotopic (exact) mass is 275 g/mol. The predicted octanol–water partition coefficient (Wildman–Crippen LogP) is 4.39. The van der Waals surface area contributed by atoms with Gasteiger partial charge in [0, 0.05) is 6.54 Å². The third-order valence-corrected chi connectivity index (χ3v) is 4.12. The molecule has 1 fully saturated rings. The van der Waals surface area contributed by atoms with Crippen molar-refractivity contribution in [2.45, 2.75) is 52.5 Å². The molecule has 1 aromatic rings. The van der Waals surface area contributed by atoms with Crippen molar-refractivity contribution in [1.82, 2.24) is 5.32 Å². The zero-order valence-corrected chi connectivity index (χ0v) is 13.0. The van der Waals surface area contributed by atoms with Gasteiger partial charge in [0.1, 0.15) is 5.75 Å². The number of benzene rings is 1. The lowest BCUT2D eigenvalue weighted by Crippen LogP contribution is -2.20. The maximum absolute atomic E-state index is 5.74. The first-order valence-electron chi connectivity index (χ1n) is 8.16. The number of hydrogen-bond acceptors (Lipinski definition) is 2. The van der Waals surface area contributed by atoms with E-state index in [2.05, 4.69) is 43.4 Å². The Kier molecular flexibility index (Phi) is 6.38. The van der Waals surface area contributed by atoms with Crippen LogP contribution in [0.4, 0.5) is 0 Å². The zero-order chi connectivity index (χ0) is 14.2. The Bertz CT molecular complexity index is 366. The molecule has 0 atom stereocenters. The van der Waals surface area contributed by atoms with Gasteiger partial charge in [0.05, 0.1) is 6.61 Å². The summed E-state index contributed by atoms with van der Waals surface area (Å²) >= 11 is 0. The van der Waals surface area contributed by atoms with E-state index in [4.69, 9.17) is 4.74 Å². The Labute approximate surface area is 123 Å². The minimum atomic E-state index is 0.703. The fourth-order valence-electron chi connectivity index (χ4n) is 2.75. The van der Waals surface area contributed by atoms with E-state index in [1.54, 1.807) is 0 Å². The molecule has 0 spiro atoms. The molecule has 20 heavy (non-hydrogen) atoms. The second kappa shape index (κ2) is 8.31. The molecule has 0 amide bonds. The molecule has 0 unspecified atom stereocenters. The van der Waals surface area contributed by atoms with Gasteiger partial charge in [0.15, 0.2) is 0 Å². The van der Waals surface area contributed by atoms with Crippen molar-refractivity contribution in [1.29, 1.82) is 0 Å². The highest BCUT2D eigenvalue weighted by atomic mass is 16.5. The lowest BCUT2D eigenvalue weighted by molar-refractivity contribution is 0.289. The molecule has 112 valence electrons. The van der Waals surface area contributed by atoms with Crippen LogP contribution in [0.15, 0.2) is 24.3 Å². The van der Waals surface area contributed by atoms with Gasteiger partial charge in [-0.2, -0.15) is 0 Å². The highest BCUT2D eigenvalue weighted by molar-refractivity contribution is 5.27.